The average Bonchev–Trinajstić information content (AvgIpc) is 3.31. The van der Waals surface area contributed by atoms with Gasteiger partial charge in [-0.2, -0.15) is 0 Å². The average molecular weight is 501 g/mol. The van der Waals surface area contributed by atoms with E-state index < -0.39 is 5.41 Å². The zero-order valence-corrected chi connectivity index (χ0v) is 22.3. The number of hydrogen-bond acceptors (Lipinski definition) is 6. The van der Waals surface area contributed by atoms with Crippen molar-refractivity contribution in [2.45, 2.75) is 52.2 Å². The maximum atomic E-state index is 13.0. The minimum atomic E-state index is -0.829. The van der Waals surface area contributed by atoms with Gasteiger partial charge in [0.1, 0.15) is 5.75 Å². The number of benzene rings is 3. The lowest BCUT2D eigenvalue weighted by atomic mass is 9.70. The molecular weight excluding hydrogens is 464 g/mol. The number of anilines is 1. The molecule has 3 aromatic carbocycles. The first kappa shape index (κ1) is 26.4. The Balaban J connectivity index is 1.69. The highest BCUT2D eigenvalue weighted by atomic mass is 16.5. The molecule has 37 heavy (non-hydrogen) atoms. The zero-order chi connectivity index (χ0) is 26.6. The van der Waals surface area contributed by atoms with Crippen molar-refractivity contribution in [2.24, 2.45) is 10.4 Å². The number of fused-ring (bicyclic) bond motifs is 1. The first-order valence-corrected chi connectivity index (χ1v) is 12.6. The van der Waals surface area contributed by atoms with E-state index in [0.717, 1.165) is 35.3 Å². The van der Waals surface area contributed by atoms with Crippen LogP contribution in [0.4, 0.5) is 11.4 Å². The van der Waals surface area contributed by atoms with Crippen molar-refractivity contribution < 1.29 is 19.0 Å². The van der Waals surface area contributed by atoms with Gasteiger partial charge in [-0.25, -0.2) is 0 Å². The highest BCUT2D eigenvalue weighted by Gasteiger charge is 2.41. The maximum Gasteiger partial charge on any atom is 0.312 e. The third kappa shape index (κ3) is 5.54. The largest absolute Gasteiger partial charge is 0.497 e. The molecule has 1 aliphatic rings. The van der Waals surface area contributed by atoms with E-state index in [0.29, 0.717) is 18.0 Å². The number of nitrogen functional groups attached to an aromatic ring is 1. The summed E-state index contributed by atoms with van der Waals surface area (Å²) in [5.74, 6) is 0.288. The number of nitrogens with zero attached hydrogens (tertiary/aromatic N) is 1. The number of carbonyl (C=O) groups is 1. The summed E-state index contributed by atoms with van der Waals surface area (Å²) >= 11 is 0. The van der Waals surface area contributed by atoms with E-state index in [2.05, 4.69) is 23.2 Å². The fourth-order valence-electron chi connectivity index (χ4n) is 5.25. The van der Waals surface area contributed by atoms with Gasteiger partial charge in [-0.3, -0.25) is 9.79 Å². The van der Waals surface area contributed by atoms with Gasteiger partial charge < -0.3 is 19.9 Å². The molecule has 2 N–H and O–H groups in total. The molecule has 0 amide bonds. The van der Waals surface area contributed by atoms with E-state index in [1.165, 1.54) is 18.2 Å². The van der Waals surface area contributed by atoms with Crippen LogP contribution < -0.4 is 10.5 Å². The van der Waals surface area contributed by atoms with Crippen LogP contribution in [-0.2, 0) is 27.3 Å². The van der Waals surface area contributed by atoms with E-state index in [9.17, 15) is 4.79 Å². The second-order valence-electron chi connectivity index (χ2n) is 10.00. The zero-order valence-electron chi connectivity index (χ0n) is 22.3. The van der Waals surface area contributed by atoms with Gasteiger partial charge >= 0.3 is 5.97 Å². The van der Waals surface area contributed by atoms with Crippen LogP contribution in [0.3, 0.4) is 0 Å². The normalized spacial score (nSPS) is 16.0. The summed E-state index contributed by atoms with van der Waals surface area (Å²) in [6, 6.07) is 20.2. The van der Waals surface area contributed by atoms with Gasteiger partial charge in [0.2, 0.25) is 0 Å². The second kappa shape index (κ2) is 11.2. The smallest absolute Gasteiger partial charge is 0.312 e. The van der Waals surface area contributed by atoms with Crippen molar-refractivity contribution in [3.8, 4) is 5.75 Å². The Morgan fingerprint density at radius 1 is 1.08 bits per heavy atom. The lowest BCUT2D eigenvalue weighted by molar-refractivity contribution is -0.151. The van der Waals surface area contributed by atoms with Gasteiger partial charge in [-0.1, -0.05) is 36.4 Å². The number of rotatable bonds is 9. The molecule has 1 aliphatic carbocycles. The highest BCUT2D eigenvalue weighted by Crippen LogP contribution is 2.45. The molecule has 0 radical (unpaired) electrons. The molecule has 2 atom stereocenters. The number of aryl methyl sites for hydroxylation is 1. The summed E-state index contributed by atoms with van der Waals surface area (Å²) in [6.45, 7) is 6.22. The number of methoxy groups -OCH3 is 2. The molecule has 0 aromatic heterocycles. The number of esters is 1. The Kier molecular flexibility index (Phi) is 7.98. The predicted octanol–water partition coefficient (Wildman–Crippen LogP) is 6.53. The molecule has 0 heterocycles. The minimum absolute atomic E-state index is 0.00869. The lowest BCUT2D eigenvalue weighted by Crippen LogP contribution is -2.33. The van der Waals surface area contributed by atoms with Gasteiger partial charge in [0.05, 0.1) is 43.7 Å². The van der Waals surface area contributed by atoms with Gasteiger partial charge in [0.25, 0.3) is 0 Å². The molecule has 0 saturated heterocycles. The quantitative estimate of drug-likeness (QED) is 0.205. The number of carbonyl (C=O) groups excluding carboxylic acids is 1. The predicted molar refractivity (Wildman–Crippen MR) is 148 cm³/mol. The summed E-state index contributed by atoms with van der Waals surface area (Å²) in [5.41, 5.74) is 12.2. The van der Waals surface area contributed by atoms with Crippen molar-refractivity contribution in [1.29, 1.82) is 0 Å². The van der Waals surface area contributed by atoms with Crippen LogP contribution in [-0.4, -0.2) is 26.4 Å². The Morgan fingerprint density at radius 3 is 2.46 bits per heavy atom. The van der Waals surface area contributed by atoms with E-state index in [1.807, 2.05) is 63.2 Å². The molecule has 3 aromatic rings. The molecule has 4 rings (SSSR count). The topological polar surface area (TPSA) is 83.1 Å². The third-order valence-corrected chi connectivity index (χ3v) is 7.23. The Morgan fingerprint density at radius 2 is 1.78 bits per heavy atom. The molecular formula is C31H36N2O4. The third-order valence-electron chi connectivity index (χ3n) is 7.23. The fourth-order valence-corrected chi connectivity index (χ4v) is 5.25. The molecule has 2 unspecified atom stereocenters. The molecule has 0 bridgehead atoms. The molecule has 0 aliphatic heterocycles. The van der Waals surface area contributed by atoms with Crippen LogP contribution in [0.15, 0.2) is 65.7 Å². The molecule has 6 nitrogen and oxygen atoms in total. The van der Waals surface area contributed by atoms with Crippen LogP contribution in [0.1, 0.15) is 67.0 Å². The lowest BCUT2D eigenvalue weighted by Gasteiger charge is -2.33. The van der Waals surface area contributed by atoms with E-state index in [4.69, 9.17) is 19.9 Å². The standard InChI is InChI=1S/C31H36N2O4/c1-6-33-27-18-23(11-15-26(27)32)29(31(2,3)30(34)36-5)22-10-9-21-12-16-28(25(21)17-22)37-19-20-7-13-24(35-4)14-8-20/h6-11,13-15,17-18,28-29H,12,16,19,32H2,1-5H3. The summed E-state index contributed by atoms with van der Waals surface area (Å²) in [6.07, 6.45) is 3.60. The number of ether oxygens (including phenoxy) is 3. The first-order valence-electron chi connectivity index (χ1n) is 12.6. The Hall–Kier alpha value is -3.64. The van der Waals surface area contributed by atoms with Crippen LogP contribution >= 0.6 is 0 Å². The van der Waals surface area contributed by atoms with Gasteiger partial charge in [-0.15, -0.1) is 0 Å². The van der Waals surface area contributed by atoms with Crippen molar-refractivity contribution in [2.75, 3.05) is 20.0 Å². The molecule has 0 spiro atoms. The van der Waals surface area contributed by atoms with E-state index in [-0.39, 0.29) is 18.0 Å². The molecule has 6 heteroatoms. The van der Waals surface area contributed by atoms with Crippen LogP contribution in [0.2, 0.25) is 0 Å². The Labute approximate surface area is 219 Å². The minimum Gasteiger partial charge on any atom is -0.497 e. The van der Waals surface area contributed by atoms with Crippen molar-refractivity contribution >= 4 is 23.6 Å². The number of aliphatic imine (C=N–C) groups is 1. The molecule has 0 saturated carbocycles. The summed E-state index contributed by atoms with van der Waals surface area (Å²) < 4.78 is 16.9. The van der Waals surface area contributed by atoms with Gasteiger partial charge in [0.15, 0.2) is 0 Å². The SMILES string of the molecule is CC=Nc1cc(C(c2ccc3c(c2)C(OCc2ccc(OC)cc2)CC3)C(C)(C)C(=O)OC)ccc1N. The summed E-state index contributed by atoms with van der Waals surface area (Å²) in [4.78, 5) is 17.4. The summed E-state index contributed by atoms with van der Waals surface area (Å²) in [5, 5.41) is 0. The summed E-state index contributed by atoms with van der Waals surface area (Å²) in [7, 11) is 3.10. The van der Waals surface area contributed by atoms with Gasteiger partial charge in [0, 0.05) is 12.1 Å². The number of hydrogen-bond donors (Lipinski definition) is 1. The Bertz CT molecular complexity index is 1280. The highest BCUT2D eigenvalue weighted by molar-refractivity contribution is 5.79. The van der Waals surface area contributed by atoms with E-state index >= 15 is 0 Å². The van der Waals surface area contributed by atoms with Crippen LogP contribution in [0.5, 0.6) is 5.75 Å². The van der Waals surface area contributed by atoms with Crippen LogP contribution in [0.25, 0.3) is 0 Å². The molecule has 194 valence electrons. The van der Waals surface area contributed by atoms with Gasteiger partial charge in [-0.05, 0) is 85.7 Å². The maximum absolute atomic E-state index is 13.0. The van der Waals surface area contributed by atoms with Crippen LogP contribution in [0, 0.1) is 5.41 Å². The first-order chi connectivity index (χ1) is 17.8. The van der Waals surface area contributed by atoms with Crippen molar-refractivity contribution in [3.05, 3.63) is 88.5 Å². The van der Waals surface area contributed by atoms with Crippen molar-refractivity contribution in [3.63, 3.8) is 0 Å². The molecule has 0 fully saturated rings. The van der Waals surface area contributed by atoms with Crippen molar-refractivity contribution in [1.82, 2.24) is 0 Å². The monoisotopic (exact) mass is 500 g/mol. The second-order valence-corrected chi connectivity index (χ2v) is 10.00. The van der Waals surface area contributed by atoms with E-state index in [1.54, 1.807) is 13.3 Å². The fraction of sp³-hybridized carbons (Fsp3) is 0.355. The number of nitrogens with two attached hydrogens (primary N) is 1.